The zero-order valence-electron chi connectivity index (χ0n) is 12.5. The predicted octanol–water partition coefficient (Wildman–Crippen LogP) is 2.02. The summed E-state index contributed by atoms with van der Waals surface area (Å²) in [5.74, 6) is 0.570. The molecule has 0 spiro atoms. The van der Waals surface area contributed by atoms with E-state index in [1.165, 1.54) is 11.4 Å². The van der Waals surface area contributed by atoms with Gasteiger partial charge < -0.3 is 10.1 Å². The van der Waals surface area contributed by atoms with Gasteiger partial charge in [0.25, 0.3) is 0 Å². The molecule has 0 bridgehead atoms. The molecule has 1 aliphatic heterocycles. The summed E-state index contributed by atoms with van der Waals surface area (Å²) in [5.41, 5.74) is 2.56. The van der Waals surface area contributed by atoms with Gasteiger partial charge in [-0.25, -0.2) is 0 Å². The number of aryl methyl sites for hydroxylation is 2. The molecule has 0 amide bonds. The van der Waals surface area contributed by atoms with Gasteiger partial charge in [-0.15, -0.1) is 0 Å². The summed E-state index contributed by atoms with van der Waals surface area (Å²) in [7, 11) is 0. The molecule has 1 aliphatic rings. The summed E-state index contributed by atoms with van der Waals surface area (Å²) < 4.78 is 7.82. The highest BCUT2D eigenvalue weighted by Crippen LogP contribution is 2.20. The molecule has 2 rings (SSSR count). The highest BCUT2D eigenvalue weighted by atomic mass is 16.5. The Bertz CT molecular complexity index is 387. The van der Waals surface area contributed by atoms with Crippen LogP contribution in [-0.4, -0.2) is 35.6 Å². The fraction of sp³-hybridized carbons (Fsp3) is 0.800. The van der Waals surface area contributed by atoms with Crippen molar-refractivity contribution in [3.63, 3.8) is 0 Å². The van der Waals surface area contributed by atoms with E-state index in [1.807, 2.05) is 0 Å². The Morgan fingerprint density at radius 1 is 1.42 bits per heavy atom. The molecule has 0 aliphatic carbocycles. The highest BCUT2D eigenvalue weighted by molar-refractivity contribution is 5.12. The van der Waals surface area contributed by atoms with Crippen molar-refractivity contribution in [3.8, 4) is 0 Å². The standard InChI is InChI=1S/C15H27N3O/c1-4-13-10-14(18(6-3)17-13)9-12-11-19-8-7-15(12)16-5-2/h10,12,15-16H,4-9,11H2,1-3H3. The molecule has 1 N–H and O–H groups in total. The zero-order chi connectivity index (χ0) is 13.7. The van der Waals surface area contributed by atoms with Gasteiger partial charge in [-0.3, -0.25) is 4.68 Å². The third-order valence-corrected chi connectivity index (χ3v) is 3.99. The summed E-state index contributed by atoms with van der Waals surface area (Å²) in [6, 6.07) is 2.85. The summed E-state index contributed by atoms with van der Waals surface area (Å²) in [5, 5.41) is 8.24. The summed E-state index contributed by atoms with van der Waals surface area (Å²) in [6.45, 7) is 10.3. The molecule has 0 radical (unpaired) electrons. The molecule has 4 nitrogen and oxygen atoms in total. The number of rotatable bonds is 6. The number of hydrogen-bond acceptors (Lipinski definition) is 3. The van der Waals surface area contributed by atoms with E-state index < -0.39 is 0 Å². The average molecular weight is 265 g/mol. The topological polar surface area (TPSA) is 39.1 Å². The third kappa shape index (κ3) is 3.57. The molecule has 1 saturated heterocycles. The molecular formula is C15H27N3O. The fourth-order valence-electron chi connectivity index (χ4n) is 2.92. The molecule has 1 aromatic heterocycles. The first-order valence-electron chi connectivity index (χ1n) is 7.65. The van der Waals surface area contributed by atoms with Gasteiger partial charge in [0.2, 0.25) is 0 Å². The third-order valence-electron chi connectivity index (χ3n) is 3.99. The zero-order valence-corrected chi connectivity index (χ0v) is 12.5. The van der Waals surface area contributed by atoms with E-state index in [1.54, 1.807) is 0 Å². The minimum absolute atomic E-state index is 0.570. The van der Waals surface area contributed by atoms with E-state index in [-0.39, 0.29) is 0 Å². The Kier molecular flexibility index (Phi) is 5.40. The van der Waals surface area contributed by atoms with Crippen LogP contribution in [0.1, 0.15) is 38.6 Å². The lowest BCUT2D eigenvalue weighted by Gasteiger charge is -2.32. The van der Waals surface area contributed by atoms with Crippen LogP contribution in [-0.2, 0) is 24.1 Å². The SMILES string of the molecule is CCNC1CCOCC1Cc1cc(CC)nn1CC. The van der Waals surface area contributed by atoms with Crippen LogP contribution in [0.5, 0.6) is 0 Å². The van der Waals surface area contributed by atoms with Crippen LogP contribution in [0.2, 0.25) is 0 Å². The van der Waals surface area contributed by atoms with Crippen LogP contribution >= 0.6 is 0 Å². The van der Waals surface area contributed by atoms with Gasteiger partial charge >= 0.3 is 0 Å². The second kappa shape index (κ2) is 7.06. The number of aromatic nitrogens is 2. The predicted molar refractivity (Wildman–Crippen MR) is 77.4 cm³/mol. The minimum Gasteiger partial charge on any atom is -0.381 e. The first-order valence-corrected chi connectivity index (χ1v) is 7.65. The molecule has 19 heavy (non-hydrogen) atoms. The van der Waals surface area contributed by atoms with Gasteiger partial charge in [0.15, 0.2) is 0 Å². The molecule has 0 saturated carbocycles. The molecule has 2 atom stereocenters. The quantitative estimate of drug-likeness (QED) is 0.855. The normalized spacial score (nSPS) is 23.7. The van der Waals surface area contributed by atoms with Gasteiger partial charge in [-0.2, -0.15) is 5.10 Å². The van der Waals surface area contributed by atoms with Crippen LogP contribution in [0, 0.1) is 5.92 Å². The molecule has 108 valence electrons. The lowest BCUT2D eigenvalue weighted by atomic mass is 9.91. The van der Waals surface area contributed by atoms with E-state index in [0.717, 1.165) is 45.6 Å². The largest absolute Gasteiger partial charge is 0.381 e. The van der Waals surface area contributed by atoms with Gasteiger partial charge in [0.05, 0.1) is 12.3 Å². The van der Waals surface area contributed by atoms with Crippen molar-refractivity contribution in [2.75, 3.05) is 19.8 Å². The van der Waals surface area contributed by atoms with E-state index in [4.69, 9.17) is 4.74 Å². The van der Waals surface area contributed by atoms with E-state index in [9.17, 15) is 0 Å². The monoisotopic (exact) mass is 265 g/mol. The smallest absolute Gasteiger partial charge is 0.0624 e. The Labute approximate surface area is 116 Å². The molecule has 4 heteroatoms. The fourth-order valence-corrected chi connectivity index (χ4v) is 2.92. The molecule has 0 aromatic carbocycles. The second-order valence-electron chi connectivity index (χ2n) is 5.29. The summed E-state index contributed by atoms with van der Waals surface area (Å²) in [6.07, 6.45) is 3.20. The Morgan fingerprint density at radius 2 is 2.26 bits per heavy atom. The van der Waals surface area contributed by atoms with Crippen LogP contribution in [0.25, 0.3) is 0 Å². The van der Waals surface area contributed by atoms with Crippen molar-refractivity contribution in [2.45, 2.75) is 52.6 Å². The van der Waals surface area contributed by atoms with Gasteiger partial charge in [0, 0.05) is 30.8 Å². The second-order valence-corrected chi connectivity index (χ2v) is 5.29. The Hall–Kier alpha value is -0.870. The van der Waals surface area contributed by atoms with Crippen molar-refractivity contribution < 1.29 is 4.74 Å². The highest BCUT2D eigenvalue weighted by Gasteiger charge is 2.26. The van der Waals surface area contributed by atoms with E-state index in [2.05, 4.69) is 41.9 Å². The number of nitrogens with one attached hydrogen (secondary N) is 1. The van der Waals surface area contributed by atoms with Crippen LogP contribution in [0.3, 0.4) is 0 Å². The van der Waals surface area contributed by atoms with Gasteiger partial charge in [-0.1, -0.05) is 13.8 Å². The van der Waals surface area contributed by atoms with Gasteiger partial charge in [-0.05, 0) is 38.8 Å². The number of ether oxygens (including phenoxy) is 1. The van der Waals surface area contributed by atoms with Crippen LogP contribution in [0.4, 0.5) is 0 Å². The summed E-state index contributed by atoms with van der Waals surface area (Å²) in [4.78, 5) is 0. The van der Waals surface area contributed by atoms with Gasteiger partial charge in [0.1, 0.15) is 0 Å². The Morgan fingerprint density at radius 3 is 2.95 bits per heavy atom. The molecule has 1 aromatic rings. The lowest BCUT2D eigenvalue weighted by Crippen LogP contribution is -2.43. The molecule has 1 fully saturated rings. The summed E-state index contributed by atoms with van der Waals surface area (Å²) >= 11 is 0. The molecular weight excluding hydrogens is 238 g/mol. The minimum atomic E-state index is 0.570. The number of nitrogens with zero attached hydrogens (tertiary/aromatic N) is 2. The first-order chi connectivity index (χ1) is 9.28. The molecule has 2 unspecified atom stereocenters. The van der Waals surface area contributed by atoms with Crippen molar-refractivity contribution in [3.05, 3.63) is 17.5 Å². The van der Waals surface area contributed by atoms with Crippen molar-refractivity contribution in [1.29, 1.82) is 0 Å². The molecule has 2 heterocycles. The van der Waals surface area contributed by atoms with E-state index in [0.29, 0.717) is 12.0 Å². The van der Waals surface area contributed by atoms with Crippen molar-refractivity contribution >= 4 is 0 Å². The first kappa shape index (κ1) is 14.5. The van der Waals surface area contributed by atoms with Crippen molar-refractivity contribution in [2.24, 2.45) is 5.92 Å². The lowest BCUT2D eigenvalue weighted by molar-refractivity contribution is 0.0319. The maximum Gasteiger partial charge on any atom is 0.0624 e. The van der Waals surface area contributed by atoms with Crippen LogP contribution < -0.4 is 5.32 Å². The maximum absolute atomic E-state index is 5.67. The maximum atomic E-state index is 5.67. The average Bonchev–Trinajstić information content (AvgIpc) is 2.83. The number of hydrogen-bond donors (Lipinski definition) is 1. The van der Waals surface area contributed by atoms with Crippen molar-refractivity contribution in [1.82, 2.24) is 15.1 Å². The Balaban J connectivity index is 2.07. The van der Waals surface area contributed by atoms with Crippen LogP contribution in [0.15, 0.2) is 6.07 Å². The van der Waals surface area contributed by atoms with E-state index >= 15 is 0 Å².